The van der Waals surface area contributed by atoms with E-state index in [1.165, 1.54) is 31.3 Å². The van der Waals surface area contributed by atoms with Gasteiger partial charge in [-0.25, -0.2) is 0 Å². The Hall–Kier alpha value is -0.640. The van der Waals surface area contributed by atoms with E-state index in [1.807, 2.05) is 0 Å². The molecule has 198 valence electrons. The van der Waals surface area contributed by atoms with E-state index < -0.39 is 0 Å². The lowest BCUT2D eigenvalue weighted by atomic mass is 9.38. The summed E-state index contributed by atoms with van der Waals surface area (Å²) in [6.07, 6.45) is 15.7. The number of ether oxygens (including phenoxy) is 2. The highest BCUT2D eigenvalue weighted by Crippen LogP contribution is 2.77. The monoisotopic (exact) mass is 484 g/mol. The molecule has 3 saturated carbocycles. The van der Waals surface area contributed by atoms with Crippen molar-refractivity contribution in [2.75, 3.05) is 13.2 Å². The molecule has 4 fully saturated rings. The molecule has 2 bridgehead atoms. The van der Waals surface area contributed by atoms with Gasteiger partial charge in [0.05, 0.1) is 24.4 Å². The number of rotatable bonds is 6. The molecule has 3 nitrogen and oxygen atoms in total. The molecule has 4 aliphatic carbocycles. The smallest absolute Gasteiger partial charge is 0.0972 e. The molecule has 1 aliphatic heterocycles. The molecule has 2 unspecified atom stereocenters. The van der Waals surface area contributed by atoms with Gasteiger partial charge in [-0.2, -0.15) is 0 Å². The Labute approximate surface area is 215 Å². The van der Waals surface area contributed by atoms with Crippen molar-refractivity contribution in [1.82, 2.24) is 0 Å². The zero-order chi connectivity index (χ0) is 25.4. The summed E-state index contributed by atoms with van der Waals surface area (Å²) in [6, 6.07) is 0. The van der Waals surface area contributed by atoms with Crippen LogP contribution < -0.4 is 0 Å². The van der Waals surface area contributed by atoms with E-state index in [1.54, 1.807) is 0 Å². The third-order valence-corrected chi connectivity index (χ3v) is 12.6. The lowest BCUT2D eigenvalue weighted by Gasteiger charge is -2.65. The van der Waals surface area contributed by atoms with Gasteiger partial charge >= 0.3 is 0 Å². The van der Waals surface area contributed by atoms with Gasteiger partial charge in [0.15, 0.2) is 0 Å². The molecule has 1 saturated heterocycles. The summed E-state index contributed by atoms with van der Waals surface area (Å²) in [5, 5.41) is 11.0. The van der Waals surface area contributed by atoms with E-state index in [2.05, 4.69) is 73.6 Å². The van der Waals surface area contributed by atoms with E-state index in [4.69, 9.17) is 9.47 Å². The van der Waals surface area contributed by atoms with Crippen LogP contribution in [0, 0.1) is 45.3 Å². The highest BCUT2D eigenvalue weighted by molar-refractivity contribution is 5.33. The van der Waals surface area contributed by atoms with E-state index in [0.717, 1.165) is 38.4 Å². The third kappa shape index (κ3) is 3.32. The Morgan fingerprint density at radius 2 is 1.83 bits per heavy atom. The van der Waals surface area contributed by atoms with Crippen molar-refractivity contribution in [2.24, 2.45) is 45.3 Å². The number of aliphatic hydroxyl groups excluding tert-OH is 1. The number of aliphatic hydroxyl groups is 1. The maximum absolute atomic E-state index is 11.0. The minimum atomic E-state index is -0.286. The average Bonchev–Trinajstić information content (AvgIpc) is 3.17. The van der Waals surface area contributed by atoms with Crippen molar-refractivity contribution in [3.63, 3.8) is 0 Å². The SMILES string of the molecule is CCO[C@@H](C=C(C)C)C[C@@H](C)[C@H]1CC[C@@]2(C)C3C=C[C@@]45OC[C@]3(CC[C@]12C)C4CC[C@H](O)C5(C)C. The summed E-state index contributed by atoms with van der Waals surface area (Å²) in [5.74, 6) is 2.52. The molecule has 1 spiro atoms. The topological polar surface area (TPSA) is 38.7 Å². The summed E-state index contributed by atoms with van der Waals surface area (Å²) in [7, 11) is 0. The first-order valence-electron chi connectivity index (χ1n) is 14.7. The van der Waals surface area contributed by atoms with Crippen molar-refractivity contribution in [3.05, 3.63) is 23.8 Å². The van der Waals surface area contributed by atoms with Gasteiger partial charge in [0.2, 0.25) is 0 Å². The van der Waals surface area contributed by atoms with Crippen LogP contribution in [0.5, 0.6) is 0 Å². The molecule has 10 atom stereocenters. The minimum Gasteiger partial charge on any atom is -0.392 e. The summed E-state index contributed by atoms with van der Waals surface area (Å²) >= 11 is 0. The zero-order valence-corrected chi connectivity index (χ0v) is 23.8. The number of fused-ring (bicyclic) bond motifs is 2. The second-order valence-corrected chi connectivity index (χ2v) is 14.5. The van der Waals surface area contributed by atoms with Gasteiger partial charge in [0.1, 0.15) is 0 Å². The van der Waals surface area contributed by atoms with Crippen LogP contribution in [0.3, 0.4) is 0 Å². The second kappa shape index (κ2) is 8.43. The van der Waals surface area contributed by atoms with E-state index >= 15 is 0 Å². The molecule has 1 heterocycles. The van der Waals surface area contributed by atoms with Gasteiger partial charge in [-0.05, 0) is 94.3 Å². The average molecular weight is 485 g/mol. The molecule has 0 radical (unpaired) electrons. The Morgan fingerprint density at radius 1 is 1.09 bits per heavy atom. The molecule has 3 heteroatoms. The number of hydrogen-bond donors (Lipinski definition) is 1. The molecule has 0 aromatic rings. The summed E-state index contributed by atoms with van der Waals surface area (Å²) < 4.78 is 13.0. The van der Waals surface area contributed by atoms with Gasteiger partial charge in [0, 0.05) is 23.4 Å². The fourth-order valence-corrected chi connectivity index (χ4v) is 10.5. The van der Waals surface area contributed by atoms with Crippen LogP contribution in [0.15, 0.2) is 23.8 Å². The van der Waals surface area contributed by atoms with Crippen LogP contribution in [-0.4, -0.2) is 36.1 Å². The van der Waals surface area contributed by atoms with Gasteiger partial charge in [-0.1, -0.05) is 58.4 Å². The van der Waals surface area contributed by atoms with Gasteiger partial charge in [-0.3, -0.25) is 0 Å². The van der Waals surface area contributed by atoms with Crippen molar-refractivity contribution >= 4 is 0 Å². The largest absolute Gasteiger partial charge is 0.392 e. The van der Waals surface area contributed by atoms with Crippen molar-refractivity contribution < 1.29 is 14.6 Å². The van der Waals surface area contributed by atoms with Crippen LogP contribution in [0.1, 0.15) is 100 Å². The predicted molar refractivity (Wildman–Crippen MR) is 143 cm³/mol. The van der Waals surface area contributed by atoms with Gasteiger partial charge in [-0.15, -0.1) is 0 Å². The van der Waals surface area contributed by atoms with Crippen LogP contribution in [0.25, 0.3) is 0 Å². The summed E-state index contributed by atoms with van der Waals surface area (Å²) in [4.78, 5) is 0. The van der Waals surface area contributed by atoms with E-state index in [9.17, 15) is 5.11 Å². The maximum Gasteiger partial charge on any atom is 0.0972 e. The quantitative estimate of drug-likeness (QED) is 0.401. The third-order valence-electron chi connectivity index (χ3n) is 12.6. The van der Waals surface area contributed by atoms with Crippen molar-refractivity contribution in [3.8, 4) is 0 Å². The maximum atomic E-state index is 11.0. The molecule has 5 aliphatic rings. The first-order valence-corrected chi connectivity index (χ1v) is 14.7. The minimum absolute atomic E-state index is 0.228. The van der Waals surface area contributed by atoms with Crippen LogP contribution >= 0.6 is 0 Å². The Balaban J connectivity index is 1.45. The number of hydrogen-bond acceptors (Lipinski definition) is 3. The normalized spacial score (nSPS) is 49.1. The Bertz CT molecular complexity index is 885. The van der Waals surface area contributed by atoms with Crippen LogP contribution in [-0.2, 0) is 9.47 Å². The lowest BCUT2D eigenvalue weighted by Crippen LogP contribution is -2.64. The highest BCUT2D eigenvalue weighted by atomic mass is 16.5. The molecule has 0 amide bonds. The molecular weight excluding hydrogens is 432 g/mol. The highest BCUT2D eigenvalue weighted by Gasteiger charge is 2.75. The van der Waals surface area contributed by atoms with Gasteiger partial charge < -0.3 is 14.6 Å². The summed E-state index contributed by atoms with van der Waals surface area (Å²) in [6.45, 7) is 20.4. The fraction of sp³-hybridized carbons (Fsp3) is 0.875. The molecule has 0 aromatic heterocycles. The molecular formula is C32H52O3. The predicted octanol–water partition coefficient (Wildman–Crippen LogP) is 7.34. The number of allylic oxidation sites excluding steroid dienone is 2. The standard InChI is InChI=1S/C32H52O3/c1-9-34-23(18-21(2)3)19-22(4)24-12-14-30(8)25-13-15-32-26(10-11-27(33)28(32,5)6)31(25,20-35-32)17-16-29(24,30)7/h13,15,18,22-27,33H,9-12,14,16-17,19-20H2,1-8H3/t22-,23+,24-,25?,26?,27+,29-,30+,31+,32-/m1/s1. The Kier molecular flexibility index (Phi) is 6.26. The van der Waals surface area contributed by atoms with E-state index in [0.29, 0.717) is 28.6 Å². The summed E-state index contributed by atoms with van der Waals surface area (Å²) in [5.41, 5.74) is 1.74. The van der Waals surface area contributed by atoms with E-state index in [-0.39, 0.29) is 28.6 Å². The van der Waals surface area contributed by atoms with Crippen molar-refractivity contribution in [1.29, 1.82) is 0 Å². The first kappa shape index (κ1) is 26.0. The second-order valence-electron chi connectivity index (χ2n) is 14.5. The molecule has 35 heavy (non-hydrogen) atoms. The molecule has 1 N–H and O–H groups in total. The van der Waals surface area contributed by atoms with Crippen LogP contribution in [0.2, 0.25) is 0 Å². The van der Waals surface area contributed by atoms with Crippen molar-refractivity contribution in [2.45, 2.75) is 118 Å². The lowest BCUT2D eigenvalue weighted by molar-refractivity contribution is -0.169. The molecule has 0 aromatic carbocycles. The van der Waals surface area contributed by atoms with Crippen LogP contribution in [0.4, 0.5) is 0 Å². The van der Waals surface area contributed by atoms with Gasteiger partial charge in [0.25, 0.3) is 0 Å². The fourth-order valence-electron chi connectivity index (χ4n) is 10.5. The zero-order valence-electron chi connectivity index (χ0n) is 23.8. The first-order chi connectivity index (χ1) is 16.4. The molecule has 5 rings (SSSR count). The Morgan fingerprint density at radius 3 is 2.51 bits per heavy atom.